The first-order valence-electron chi connectivity index (χ1n) is 8.70. The SMILES string of the molecule is CCn1cnc2c(-c3cnn(C)c3)nc(-c3ccc(C(F)(F)F)nc3)cc2c1=O. The van der Waals surface area contributed by atoms with E-state index in [0.29, 0.717) is 40.0 Å². The molecule has 0 aliphatic rings. The van der Waals surface area contributed by atoms with Gasteiger partial charge in [-0.05, 0) is 25.1 Å². The first kappa shape index (κ1) is 18.8. The molecule has 0 fully saturated rings. The molecule has 148 valence electrons. The quantitative estimate of drug-likeness (QED) is 0.527. The molecule has 0 unspecified atom stereocenters. The van der Waals surface area contributed by atoms with Gasteiger partial charge in [-0.2, -0.15) is 18.3 Å². The summed E-state index contributed by atoms with van der Waals surface area (Å²) in [5.74, 6) is 0. The fraction of sp³-hybridized carbons (Fsp3) is 0.211. The Morgan fingerprint density at radius 2 is 1.90 bits per heavy atom. The number of hydrogen-bond donors (Lipinski definition) is 0. The molecule has 0 saturated carbocycles. The molecule has 7 nitrogen and oxygen atoms in total. The maximum absolute atomic E-state index is 12.8. The third-order valence-corrected chi connectivity index (χ3v) is 4.48. The molecule has 0 bridgehead atoms. The summed E-state index contributed by atoms with van der Waals surface area (Å²) in [7, 11) is 1.74. The maximum atomic E-state index is 12.8. The van der Waals surface area contributed by atoms with Crippen molar-refractivity contribution in [2.45, 2.75) is 19.6 Å². The van der Waals surface area contributed by atoms with Crippen LogP contribution < -0.4 is 5.56 Å². The van der Waals surface area contributed by atoms with Crippen LogP contribution in [0.1, 0.15) is 12.6 Å². The van der Waals surface area contributed by atoms with Gasteiger partial charge in [0.15, 0.2) is 0 Å². The monoisotopic (exact) mass is 400 g/mol. The lowest BCUT2D eigenvalue weighted by Gasteiger charge is -2.10. The van der Waals surface area contributed by atoms with Crippen LogP contribution in [-0.2, 0) is 19.8 Å². The Hall–Kier alpha value is -3.56. The maximum Gasteiger partial charge on any atom is 0.433 e. The highest BCUT2D eigenvalue weighted by Gasteiger charge is 2.32. The van der Waals surface area contributed by atoms with E-state index in [1.165, 1.54) is 23.0 Å². The number of aryl methyl sites for hydroxylation is 2. The molecule has 0 saturated heterocycles. The van der Waals surface area contributed by atoms with Gasteiger partial charge in [0.05, 0.1) is 23.6 Å². The average Bonchev–Trinajstić information content (AvgIpc) is 3.13. The number of hydrogen-bond acceptors (Lipinski definition) is 5. The van der Waals surface area contributed by atoms with E-state index in [4.69, 9.17) is 0 Å². The molecule has 29 heavy (non-hydrogen) atoms. The van der Waals surface area contributed by atoms with E-state index in [1.54, 1.807) is 24.1 Å². The van der Waals surface area contributed by atoms with Crippen molar-refractivity contribution in [2.24, 2.45) is 7.05 Å². The number of alkyl halides is 3. The zero-order valence-corrected chi connectivity index (χ0v) is 15.5. The molecule has 10 heteroatoms. The molecule has 0 radical (unpaired) electrons. The molecule has 4 rings (SSSR count). The Balaban J connectivity index is 1.97. The second-order valence-electron chi connectivity index (χ2n) is 6.42. The van der Waals surface area contributed by atoms with Crippen LogP contribution in [0.2, 0.25) is 0 Å². The number of nitrogens with zero attached hydrogens (tertiary/aromatic N) is 6. The van der Waals surface area contributed by atoms with Gasteiger partial charge in [0, 0.05) is 37.1 Å². The Morgan fingerprint density at radius 1 is 1.10 bits per heavy atom. The third-order valence-electron chi connectivity index (χ3n) is 4.48. The highest BCUT2D eigenvalue weighted by molar-refractivity contribution is 5.93. The van der Waals surface area contributed by atoms with Crippen molar-refractivity contribution in [2.75, 3.05) is 0 Å². The van der Waals surface area contributed by atoms with Crippen LogP contribution in [0, 0.1) is 0 Å². The Bertz CT molecular complexity index is 1260. The van der Waals surface area contributed by atoms with Gasteiger partial charge in [-0.1, -0.05) is 0 Å². The van der Waals surface area contributed by atoms with Gasteiger partial charge in [0.1, 0.15) is 16.9 Å². The van der Waals surface area contributed by atoms with Gasteiger partial charge >= 0.3 is 6.18 Å². The van der Waals surface area contributed by atoms with E-state index in [0.717, 1.165) is 12.3 Å². The predicted molar refractivity (Wildman–Crippen MR) is 99.9 cm³/mol. The van der Waals surface area contributed by atoms with E-state index < -0.39 is 11.9 Å². The first-order chi connectivity index (χ1) is 13.8. The van der Waals surface area contributed by atoms with Crippen molar-refractivity contribution in [3.05, 3.63) is 59.2 Å². The minimum Gasteiger partial charge on any atom is -0.299 e. The highest BCUT2D eigenvalue weighted by Crippen LogP contribution is 2.31. The smallest absolute Gasteiger partial charge is 0.299 e. The summed E-state index contributed by atoms with van der Waals surface area (Å²) in [6.07, 6.45) is 1.33. The lowest BCUT2D eigenvalue weighted by atomic mass is 10.1. The summed E-state index contributed by atoms with van der Waals surface area (Å²) in [6, 6.07) is 3.70. The zero-order chi connectivity index (χ0) is 20.8. The summed E-state index contributed by atoms with van der Waals surface area (Å²) in [6.45, 7) is 2.25. The molecule has 0 aromatic carbocycles. The third kappa shape index (κ3) is 3.37. The Labute approximate surface area is 162 Å². The fourth-order valence-electron chi connectivity index (χ4n) is 3.00. The fourth-order valence-corrected chi connectivity index (χ4v) is 3.00. The first-order valence-corrected chi connectivity index (χ1v) is 8.70. The van der Waals surface area contributed by atoms with Crippen molar-refractivity contribution in [3.8, 4) is 22.5 Å². The van der Waals surface area contributed by atoms with E-state index in [-0.39, 0.29) is 5.56 Å². The zero-order valence-electron chi connectivity index (χ0n) is 15.5. The van der Waals surface area contributed by atoms with Gasteiger partial charge in [-0.15, -0.1) is 0 Å². The van der Waals surface area contributed by atoms with Crippen LogP contribution in [0.4, 0.5) is 13.2 Å². The van der Waals surface area contributed by atoms with Gasteiger partial charge in [0.2, 0.25) is 0 Å². The number of pyridine rings is 2. The lowest BCUT2D eigenvalue weighted by Crippen LogP contribution is -2.20. The minimum absolute atomic E-state index is 0.258. The average molecular weight is 400 g/mol. The molecular weight excluding hydrogens is 385 g/mol. The number of fused-ring (bicyclic) bond motifs is 1. The van der Waals surface area contributed by atoms with Gasteiger partial charge in [-0.3, -0.25) is 19.0 Å². The van der Waals surface area contributed by atoms with Crippen LogP contribution in [0.25, 0.3) is 33.4 Å². The van der Waals surface area contributed by atoms with E-state index in [1.807, 2.05) is 6.92 Å². The van der Waals surface area contributed by atoms with Gasteiger partial charge in [0.25, 0.3) is 5.56 Å². The molecule has 0 amide bonds. The second-order valence-corrected chi connectivity index (χ2v) is 6.42. The van der Waals surface area contributed by atoms with Crippen LogP contribution in [0.15, 0.2) is 47.9 Å². The molecule has 4 heterocycles. The summed E-state index contributed by atoms with van der Waals surface area (Å²) in [4.78, 5) is 25.3. The summed E-state index contributed by atoms with van der Waals surface area (Å²) >= 11 is 0. The van der Waals surface area contributed by atoms with Crippen LogP contribution in [0.3, 0.4) is 0 Å². The number of aromatic nitrogens is 6. The molecule has 0 aliphatic heterocycles. The topological polar surface area (TPSA) is 78.5 Å². The molecule has 0 atom stereocenters. The van der Waals surface area contributed by atoms with Crippen molar-refractivity contribution >= 4 is 10.9 Å². The molecule has 4 aromatic heterocycles. The summed E-state index contributed by atoms with van der Waals surface area (Å²) in [5, 5.41) is 4.44. The van der Waals surface area contributed by atoms with Crippen molar-refractivity contribution in [1.82, 2.24) is 29.3 Å². The van der Waals surface area contributed by atoms with Crippen molar-refractivity contribution in [1.29, 1.82) is 0 Å². The van der Waals surface area contributed by atoms with Crippen molar-refractivity contribution in [3.63, 3.8) is 0 Å². The molecular formula is C19H15F3N6O. The number of rotatable bonds is 3. The Kier molecular flexibility index (Phi) is 4.40. The lowest BCUT2D eigenvalue weighted by molar-refractivity contribution is -0.141. The predicted octanol–water partition coefficient (Wildman–Crippen LogP) is 3.29. The summed E-state index contributed by atoms with van der Waals surface area (Å²) < 4.78 is 41.5. The summed E-state index contributed by atoms with van der Waals surface area (Å²) in [5.41, 5.74) is 0.889. The van der Waals surface area contributed by atoms with Crippen LogP contribution in [0.5, 0.6) is 0 Å². The van der Waals surface area contributed by atoms with Gasteiger partial charge < -0.3 is 0 Å². The second kappa shape index (κ2) is 6.80. The number of halogens is 3. The standard InChI is InChI=1S/C19H15F3N6O/c1-3-28-10-24-17-13(18(28)29)6-14(26-16(17)12-8-25-27(2)9-12)11-4-5-15(23-7-11)19(20,21)22/h4-10H,3H2,1-2H3. The van der Waals surface area contributed by atoms with Crippen LogP contribution >= 0.6 is 0 Å². The van der Waals surface area contributed by atoms with Crippen molar-refractivity contribution < 1.29 is 13.2 Å². The van der Waals surface area contributed by atoms with Gasteiger partial charge in [-0.25, -0.2) is 9.97 Å². The van der Waals surface area contributed by atoms with E-state index in [2.05, 4.69) is 20.1 Å². The molecule has 0 N–H and O–H groups in total. The largest absolute Gasteiger partial charge is 0.433 e. The molecule has 0 aliphatic carbocycles. The van der Waals surface area contributed by atoms with E-state index in [9.17, 15) is 18.0 Å². The normalized spacial score (nSPS) is 11.9. The minimum atomic E-state index is -4.53. The van der Waals surface area contributed by atoms with Crippen LogP contribution in [-0.4, -0.2) is 29.3 Å². The van der Waals surface area contributed by atoms with E-state index >= 15 is 0 Å². The Morgan fingerprint density at radius 3 is 2.48 bits per heavy atom. The highest BCUT2D eigenvalue weighted by atomic mass is 19.4. The molecule has 4 aromatic rings. The molecule has 0 spiro atoms.